The first-order valence-electron chi connectivity index (χ1n) is 11.6. The zero-order valence-electron chi connectivity index (χ0n) is 22.3. The largest absolute Gasteiger partial charge is 0.295 e. The highest BCUT2D eigenvalue weighted by Gasteiger charge is 2.32. The Hall–Kier alpha value is -3.20. The van der Waals surface area contributed by atoms with Gasteiger partial charge in [-0.15, -0.1) is 18.4 Å². The number of rotatable bonds is 12. The third kappa shape index (κ3) is 14.9. The SMILES string of the molecule is C.C#CC(=NC(=[N])C(/C=C\C)=C/C(=C)C)[C@H](C)CCCC(=O)/C(C)=C/C(=NC)C(F)(F)CC.C=CC.[HH]. The maximum absolute atomic E-state index is 13.9. The van der Waals surface area contributed by atoms with Gasteiger partial charge in [0, 0.05) is 32.8 Å². The summed E-state index contributed by atoms with van der Waals surface area (Å²) in [6.07, 6.45) is 14.5. The van der Waals surface area contributed by atoms with Crippen LogP contribution in [0.3, 0.4) is 0 Å². The molecule has 0 saturated heterocycles. The molecule has 1 radical (unpaired) electrons. The smallest absolute Gasteiger partial charge is 0.289 e. The van der Waals surface area contributed by atoms with Crippen LogP contribution in [0.5, 0.6) is 0 Å². The van der Waals surface area contributed by atoms with E-state index in [2.05, 4.69) is 29.1 Å². The van der Waals surface area contributed by atoms with E-state index in [9.17, 15) is 19.0 Å². The predicted molar refractivity (Wildman–Crippen MR) is 156 cm³/mol. The number of amidine groups is 1. The summed E-state index contributed by atoms with van der Waals surface area (Å²) in [5.41, 5.74) is 1.46. The number of hydrogen-bond donors (Lipinski definition) is 0. The molecule has 6 heteroatoms. The predicted octanol–water partition coefficient (Wildman–Crippen LogP) is 7.85. The molecule has 0 aromatic rings. The van der Waals surface area contributed by atoms with Crippen LogP contribution >= 0.6 is 0 Å². The van der Waals surface area contributed by atoms with E-state index < -0.39 is 11.6 Å². The third-order valence-electron chi connectivity index (χ3n) is 4.74. The molecule has 0 spiro atoms. The number of ketones is 1. The highest BCUT2D eigenvalue weighted by molar-refractivity contribution is 6.13. The van der Waals surface area contributed by atoms with Gasteiger partial charge in [0.15, 0.2) is 11.6 Å². The molecule has 0 unspecified atom stereocenters. The fraction of sp³-hybridized carbons (Fsp3) is 0.467. The molecule has 36 heavy (non-hydrogen) atoms. The van der Waals surface area contributed by atoms with E-state index in [-0.39, 0.29) is 44.8 Å². The lowest BCUT2D eigenvalue weighted by Crippen LogP contribution is -2.26. The van der Waals surface area contributed by atoms with Gasteiger partial charge in [0.05, 0.1) is 5.71 Å². The first kappa shape index (κ1) is 37.4. The van der Waals surface area contributed by atoms with Crippen molar-refractivity contribution in [3.8, 4) is 12.3 Å². The second kappa shape index (κ2) is 20.0. The van der Waals surface area contributed by atoms with Crippen LogP contribution in [-0.4, -0.2) is 36.0 Å². The summed E-state index contributed by atoms with van der Waals surface area (Å²) in [6, 6.07) is 0. The molecule has 0 aliphatic carbocycles. The van der Waals surface area contributed by atoms with Crippen molar-refractivity contribution in [3.05, 3.63) is 60.3 Å². The molecular formula is C30H46F2N3O. The Bertz CT molecular complexity index is 948. The lowest BCUT2D eigenvalue weighted by Gasteiger charge is -2.14. The fourth-order valence-corrected chi connectivity index (χ4v) is 2.80. The lowest BCUT2D eigenvalue weighted by atomic mass is 9.96. The lowest BCUT2D eigenvalue weighted by molar-refractivity contribution is -0.115. The number of Topliss-reactive ketones (excluding diaryl/α,β-unsaturated/α-hetero) is 1. The number of carbonyl (C=O) groups is 1. The standard InChI is InChI=1S/C26H34F2N3O.C3H6.CH4.H2/c1-9-13-21(16-18(4)5)25(29)31-22(10-2)19(6)14-12-15-23(32)20(7)17-24(30-8)26(27,28)11-3;1-3-2;;/h2,9,13,16-17,19H,4,11-12,14-15H2,1,3,5-8H3;3H,1H2,2H3;1H4;1H/b13-9-,20-17+,21-16+,30-24?,31-22?;;;/t19-;;;/m1.../s1. The first-order chi connectivity index (χ1) is 16.3. The summed E-state index contributed by atoms with van der Waals surface area (Å²) >= 11 is 0. The van der Waals surface area contributed by atoms with Gasteiger partial charge in [0.25, 0.3) is 5.92 Å². The number of aliphatic imine (C=N–C) groups is 2. The van der Waals surface area contributed by atoms with Gasteiger partial charge < -0.3 is 0 Å². The molecule has 0 aliphatic heterocycles. The molecule has 0 saturated carbocycles. The fourth-order valence-electron chi connectivity index (χ4n) is 2.80. The van der Waals surface area contributed by atoms with Gasteiger partial charge in [-0.25, -0.2) is 4.99 Å². The molecule has 0 aromatic carbocycles. The van der Waals surface area contributed by atoms with E-state index in [1.54, 1.807) is 31.2 Å². The van der Waals surface area contributed by atoms with Crippen molar-refractivity contribution in [1.29, 1.82) is 0 Å². The van der Waals surface area contributed by atoms with Gasteiger partial charge in [-0.3, -0.25) is 9.79 Å². The number of alkyl halides is 2. The van der Waals surface area contributed by atoms with Crippen LogP contribution in [0.25, 0.3) is 0 Å². The van der Waals surface area contributed by atoms with E-state index in [1.807, 2.05) is 20.8 Å². The van der Waals surface area contributed by atoms with E-state index >= 15 is 0 Å². The van der Waals surface area contributed by atoms with Crippen molar-refractivity contribution >= 4 is 23.0 Å². The van der Waals surface area contributed by atoms with Gasteiger partial charge in [0.2, 0.25) is 0 Å². The van der Waals surface area contributed by atoms with Gasteiger partial charge in [-0.1, -0.05) is 57.6 Å². The maximum Gasteiger partial charge on any atom is 0.289 e. The molecule has 0 amide bonds. The zero-order valence-corrected chi connectivity index (χ0v) is 22.3. The second-order valence-corrected chi connectivity index (χ2v) is 8.03. The van der Waals surface area contributed by atoms with Crippen molar-refractivity contribution in [2.75, 3.05) is 7.05 Å². The molecule has 0 aliphatic rings. The van der Waals surface area contributed by atoms with Crippen LogP contribution in [0.4, 0.5) is 8.78 Å². The Balaban J connectivity index is -0.00000103. The summed E-state index contributed by atoms with van der Waals surface area (Å²) in [4.78, 5) is 20.2. The van der Waals surface area contributed by atoms with Crippen molar-refractivity contribution in [1.82, 2.24) is 5.41 Å². The highest BCUT2D eigenvalue weighted by Crippen LogP contribution is 2.22. The minimum absolute atomic E-state index is 0. The summed E-state index contributed by atoms with van der Waals surface area (Å²) in [6.45, 7) is 17.4. The Labute approximate surface area is 219 Å². The number of nitrogens with zero attached hydrogens (tertiary/aromatic N) is 3. The summed E-state index contributed by atoms with van der Waals surface area (Å²) in [7, 11) is 1.29. The molecular weight excluding hydrogens is 456 g/mol. The average molecular weight is 503 g/mol. The normalized spacial score (nSPS) is 13.7. The Morgan fingerprint density at radius 1 is 1.28 bits per heavy atom. The van der Waals surface area contributed by atoms with Crippen LogP contribution in [0.15, 0.2) is 70.2 Å². The summed E-state index contributed by atoms with van der Waals surface area (Å²) in [5.74, 6) is -1.16. The van der Waals surface area contributed by atoms with Crippen molar-refractivity contribution in [2.24, 2.45) is 15.9 Å². The van der Waals surface area contributed by atoms with E-state index in [0.717, 1.165) is 11.6 Å². The Morgan fingerprint density at radius 3 is 2.25 bits per heavy atom. The topological polar surface area (TPSA) is 64.1 Å². The van der Waals surface area contributed by atoms with Gasteiger partial charge >= 0.3 is 0 Å². The van der Waals surface area contributed by atoms with E-state index in [4.69, 9.17) is 6.42 Å². The monoisotopic (exact) mass is 502 g/mol. The van der Waals surface area contributed by atoms with Crippen LogP contribution in [0.2, 0.25) is 0 Å². The zero-order chi connectivity index (χ0) is 27.6. The van der Waals surface area contributed by atoms with Crippen LogP contribution < -0.4 is 5.41 Å². The Kier molecular flexibility index (Phi) is 20.8. The molecule has 201 valence electrons. The number of allylic oxidation sites excluding steroid dienone is 6. The molecule has 0 rings (SSSR count). The van der Waals surface area contributed by atoms with Gasteiger partial charge in [-0.2, -0.15) is 8.78 Å². The molecule has 0 bridgehead atoms. The Morgan fingerprint density at radius 2 is 1.83 bits per heavy atom. The molecule has 1 atom stereocenters. The number of halogens is 2. The van der Waals surface area contributed by atoms with Gasteiger partial charge in [-0.05, 0) is 58.3 Å². The summed E-state index contributed by atoms with van der Waals surface area (Å²) in [5, 5.41) is 10.4. The van der Waals surface area contributed by atoms with Crippen molar-refractivity contribution < 1.29 is 15.0 Å². The average Bonchev–Trinajstić information content (AvgIpc) is 2.80. The van der Waals surface area contributed by atoms with E-state index in [1.165, 1.54) is 20.9 Å². The third-order valence-corrected chi connectivity index (χ3v) is 4.74. The number of carbonyl (C=O) groups excluding carboxylic acids is 1. The molecule has 0 aromatic heterocycles. The van der Waals surface area contributed by atoms with Crippen molar-refractivity contribution in [3.63, 3.8) is 0 Å². The quantitative estimate of drug-likeness (QED) is 0.0669. The number of hydrogen-bond acceptors (Lipinski definition) is 2. The molecule has 0 fully saturated rings. The van der Waals surface area contributed by atoms with Crippen molar-refractivity contribution in [2.45, 2.75) is 80.6 Å². The van der Waals surface area contributed by atoms with Crippen LogP contribution in [0.1, 0.15) is 76.1 Å². The highest BCUT2D eigenvalue weighted by atomic mass is 19.3. The van der Waals surface area contributed by atoms with Crippen LogP contribution in [0, 0.1) is 18.3 Å². The second-order valence-electron chi connectivity index (χ2n) is 8.03. The molecule has 0 N–H and O–H groups in total. The van der Waals surface area contributed by atoms with Crippen LogP contribution in [-0.2, 0) is 4.79 Å². The maximum atomic E-state index is 13.9. The van der Waals surface area contributed by atoms with E-state index in [0.29, 0.717) is 24.1 Å². The summed E-state index contributed by atoms with van der Waals surface area (Å²) < 4.78 is 27.7. The molecule has 4 nitrogen and oxygen atoms in total. The van der Waals surface area contributed by atoms with Gasteiger partial charge in [0.1, 0.15) is 5.71 Å². The molecule has 0 heterocycles. The minimum atomic E-state index is -3.06. The number of terminal acetylenes is 1. The minimum Gasteiger partial charge on any atom is -0.295 e. The first-order valence-corrected chi connectivity index (χ1v) is 11.6.